The number of hydrogen-bond acceptors (Lipinski definition) is 3. The summed E-state index contributed by atoms with van der Waals surface area (Å²) in [6, 6.07) is -0.0789. The highest BCUT2D eigenvalue weighted by molar-refractivity contribution is 7.89. The molecular weight excluding hydrogens is 218 g/mol. The van der Waals surface area contributed by atoms with Crippen LogP contribution < -0.4 is 4.72 Å². The van der Waals surface area contributed by atoms with E-state index in [0.29, 0.717) is 0 Å². The fraction of sp³-hybridized carbons (Fsp3) is 0.889. The molecule has 0 fully saturated rings. The second-order valence-corrected chi connectivity index (χ2v) is 5.50. The summed E-state index contributed by atoms with van der Waals surface area (Å²) in [6.07, 6.45) is 1.75. The Morgan fingerprint density at radius 2 is 2.07 bits per heavy atom. The van der Waals surface area contributed by atoms with E-state index < -0.39 is 16.0 Å². The minimum Gasteiger partial charge on any atom is -0.481 e. The van der Waals surface area contributed by atoms with Gasteiger partial charge in [-0.1, -0.05) is 13.3 Å². The molecule has 1 unspecified atom stereocenters. The van der Waals surface area contributed by atoms with Crippen LogP contribution in [-0.4, -0.2) is 31.3 Å². The van der Waals surface area contributed by atoms with E-state index in [2.05, 4.69) is 4.72 Å². The summed E-state index contributed by atoms with van der Waals surface area (Å²) in [5, 5.41) is 8.36. The second kappa shape index (κ2) is 6.79. The first kappa shape index (κ1) is 14.4. The van der Waals surface area contributed by atoms with Crippen LogP contribution in [0.2, 0.25) is 0 Å². The molecule has 6 heteroatoms. The van der Waals surface area contributed by atoms with Crippen LogP contribution in [0, 0.1) is 0 Å². The first-order valence-electron chi connectivity index (χ1n) is 5.09. The van der Waals surface area contributed by atoms with Crippen LogP contribution in [0.15, 0.2) is 0 Å². The molecule has 0 saturated carbocycles. The molecular formula is C9H19NO4S. The van der Waals surface area contributed by atoms with Crippen molar-refractivity contribution in [3.8, 4) is 0 Å². The first-order valence-corrected chi connectivity index (χ1v) is 6.74. The van der Waals surface area contributed by atoms with Gasteiger partial charge in [-0.3, -0.25) is 4.79 Å². The van der Waals surface area contributed by atoms with Crippen molar-refractivity contribution in [2.45, 2.75) is 45.6 Å². The van der Waals surface area contributed by atoms with Gasteiger partial charge in [0.2, 0.25) is 10.0 Å². The number of hydrogen-bond donors (Lipinski definition) is 2. The lowest BCUT2D eigenvalue weighted by Gasteiger charge is -2.12. The van der Waals surface area contributed by atoms with E-state index in [1.165, 1.54) is 0 Å². The Kier molecular flexibility index (Phi) is 6.51. The molecule has 0 bridgehead atoms. The molecule has 0 aromatic heterocycles. The zero-order valence-corrected chi connectivity index (χ0v) is 10.0. The smallest absolute Gasteiger partial charge is 0.303 e. The van der Waals surface area contributed by atoms with Crippen molar-refractivity contribution in [1.29, 1.82) is 0 Å². The van der Waals surface area contributed by atoms with Gasteiger partial charge in [0.15, 0.2) is 0 Å². The average molecular weight is 237 g/mol. The molecule has 0 amide bonds. The molecule has 0 aromatic carbocycles. The van der Waals surface area contributed by atoms with E-state index >= 15 is 0 Å². The predicted molar refractivity (Wildman–Crippen MR) is 58.2 cm³/mol. The predicted octanol–water partition coefficient (Wildman–Crippen LogP) is 0.959. The number of nitrogens with one attached hydrogen (secondary N) is 1. The van der Waals surface area contributed by atoms with Crippen LogP contribution >= 0.6 is 0 Å². The van der Waals surface area contributed by atoms with Crippen molar-refractivity contribution in [3.05, 3.63) is 0 Å². The zero-order valence-electron chi connectivity index (χ0n) is 9.19. The molecule has 15 heavy (non-hydrogen) atoms. The quantitative estimate of drug-likeness (QED) is 0.658. The number of carboxylic acid groups (broad SMARTS) is 1. The van der Waals surface area contributed by atoms with Gasteiger partial charge in [-0.15, -0.1) is 0 Å². The van der Waals surface area contributed by atoms with Gasteiger partial charge in [0.25, 0.3) is 0 Å². The van der Waals surface area contributed by atoms with Gasteiger partial charge in [-0.25, -0.2) is 13.1 Å². The lowest BCUT2D eigenvalue weighted by Crippen LogP contribution is -2.34. The Morgan fingerprint density at radius 1 is 1.47 bits per heavy atom. The van der Waals surface area contributed by atoms with Crippen LogP contribution in [-0.2, 0) is 14.8 Å². The van der Waals surface area contributed by atoms with Gasteiger partial charge in [0.1, 0.15) is 0 Å². The number of rotatable bonds is 8. The third-order valence-corrected chi connectivity index (χ3v) is 3.49. The maximum Gasteiger partial charge on any atom is 0.303 e. The monoisotopic (exact) mass is 237 g/mol. The molecule has 0 radical (unpaired) electrons. The average Bonchev–Trinajstić information content (AvgIpc) is 2.01. The second-order valence-electron chi connectivity index (χ2n) is 3.62. The number of carbonyl (C=O) groups is 1. The SMILES string of the molecule is CCCC(C)NS(=O)(=O)CCCC(=O)O. The summed E-state index contributed by atoms with van der Waals surface area (Å²) in [4.78, 5) is 10.2. The van der Waals surface area contributed by atoms with E-state index in [1.54, 1.807) is 6.92 Å². The Balaban J connectivity index is 3.92. The topological polar surface area (TPSA) is 83.5 Å². The van der Waals surface area contributed by atoms with Crippen LogP contribution in [0.3, 0.4) is 0 Å². The Hall–Kier alpha value is -0.620. The minimum absolute atomic E-state index is 0.0789. The summed E-state index contributed by atoms with van der Waals surface area (Å²) in [5.74, 6) is -1.08. The fourth-order valence-corrected chi connectivity index (χ4v) is 2.64. The number of aliphatic carboxylic acids is 1. The molecule has 1 atom stereocenters. The number of sulfonamides is 1. The van der Waals surface area contributed by atoms with Crippen LogP contribution in [0.25, 0.3) is 0 Å². The van der Waals surface area contributed by atoms with Gasteiger partial charge in [0.05, 0.1) is 5.75 Å². The molecule has 0 aliphatic rings. The highest BCUT2D eigenvalue weighted by atomic mass is 32.2. The lowest BCUT2D eigenvalue weighted by molar-refractivity contribution is -0.137. The molecule has 0 saturated heterocycles. The van der Waals surface area contributed by atoms with Crippen LogP contribution in [0.4, 0.5) is 0 Å². The highest BCUT2D eigenvalue weighted by Gasteiger charge is 2.14. The van der Waals surface area contributed by atoms with Crippen molar-refractivity contribution >= 4 is 16.0 Å². The van der Waals surface area contributed by atoms with Crippen molar-refractivity contribution in [2.24, 2.45) is 0 Å². The largest absolute Gasteiger partial charge is 0.481 e. The van der Waals surface area contributed by atoms with Gasteiger partial charge >= 0.3 is 5.97 Å². The first-order chi connectivity index (χ1) is 6.87. The normalized spacial score (nSPS) is 13.7. The van der Waals surface area contributed by atoms with Crippen LogP contribution in [0.1, 0.15) is 39.5 Å². The Bertz CT molecular complexity index is 286. The molecule has 0 aliphatic heterocycles. The lowest BCUT2D eigenvalue weighted by atomic mass is 10.2. The Morgan fingerprint density at radius 3 is 2.53 bits per heavy atom. The summed E-state index contributed by atoms with van der Waals surface area (Å²) in [5.41, 5.74) is 0. The molecule has 0 spiro atoms. The van der Waals surface area contributed by atoms with E-state index in [1.807, 2.05) is 6.92 Å². The molecule has 5 nitrogen and oxygen atoms in total. The van der Waals surface area contributed by atoms with E-state index in [-0.39, 0.29) is 24.6 Å². The highest BCUT2D eigenvalue weighted by Crippen LogP contribution is 2.00. The van der Waals surface area contributed by atoms with E-state index in [4.69, 9.17) is 5.11 Å². The summed E-state index contributed by atoms with van der Waals surface area (Å²) in [7, 11) is -3.31. The maximum atomic E-state index is 11.4. The van der Waals surface area contributed by atoms with Crippen molar-refractivity contribution in [3.63, 3.8) is 0 Å². The number of carboxylic acids is 1. The van der Waals surface area contributed by atoms with Gasteiger partial charge < -0.3 is 5.11 Å². The summed E-state index contributed by atoms with van der Waals surface area (Å²) < 4.78 is 25.3. The molecule has 2 N–H and O–H groups in total. The molecule has 90 valence electrons. The van der Waals surface area contributed by atoms with Crippen LogP contribution in [0.5, 0.6) is 0 Å². The van der Waals surface area contributed by atoms with Crippen molar-refractivity contribution in [1.82, 2.24) is 4.72 Å². The maximum absolute atomic E-state index is 11.4. The van der Waals surface area contributed by atoms with Gasteiger partial charge in [0, 0.05) is 12.5 Å². The van der Waals surface area contributed by atoms with Gasteiger partial charge in [-0.2, -0.15) is 0 Å². The summed E-state index contributed by atoms with van der Waals surface area (Å²) >= 11 is 0. The summed E-state index contributed by atoms with van der Waals surface area (Å²) in [6.45, 7) is 3.79. The minimum atomic E-state index is -3.31. The molecule has 0 rings (SSSR count). The molecule has 0 heterocycles. The Labute approximate surface area is 90.9 Å². The zero-order chi connectivity index (χ0) is 11.9. The van der Waals surface area contributed by atoms with E-state index in [0.717, 1.165) is 12.8 Å². The van der Waals surface area contributed by atoms with Gasteiger partial charge in [-0.05, 0) is 19.8 Å². The fourth-order valence-electron chi connectivity index (χ4n) is 1.27. The molecule has 0 aliphatic carbocycles. The van der Waals surface area contributed by atoms with Crippen molar-refractivity contribution < 1.29 is 18.3 Å². The van der Waals surface area contributed by atoms with Crippen molar-refractivity contribution in [2.75, 3.05) is 5.75 Å². The standard InChI is InChI=1S/C9H19NO4S/c1-3-5-8(2)10-15(13,14)7-4-6-9(11)12/h8,10H,3-7H2,1-2H3,(H,11,12). The third-order valence-electron chi connectivity index (χ3n) is 1.91. The molecule has 0 aromatic rings. The van der Waals surface area contributed by atoms with E-state index in [9.17, 15) is 13.2 Å². The third kappa shape index (κ3) is 8.38.